The molecule has 0 aromatic rings. The molecule has 1 aliphatic heterocycles. The van der Waals surface area contributed by atoms with Gasteiger partial charge in [0.15, 0.2) is 8.32 Å². The number of azide groups is 1. The molecule has 1 heterocycles. The van der Waals surface area contributed by atoms with Crippen LogP contribution in [0.2, 0.25) is 18.1 Å². The summed E-state index contributed by atoms with van der Waals surface area (Å²) in [6.45, 7) is 11.0. The van der Waals surface area contributed by atoms with Crippen LogP contribution in [0.4, 0.5) is 0 Å². The van der Waals surface area contributed by atoms with E-state index in [1.54, 1.807) is 0 Å². The van der Waals surface area contributed by atoms with Crippen molar-refractivity contribution in [3.05, 3.63) is 10.4 Å². The zero-order valence-corrected chi connectivity index (χ0v) is 17.6. The van der Waals surface area contributed by atoms with Crippen LogP contribution in [0.3, 0.4) is 0 Å². The number of carbonyl (C=O) groups excluding carboxylic acids is 1. The minimum absolute atomic E-state index is 0.0810. The molecule has 144 valence electrons. The minimum atomic E-state index is -1.67. The molecule has 1 rings (SSSR count). The average molecular weight is 370 g/mol. The van der Waals surface area contributed by atoms with Gasteiger partial charge in [0.25, 0.3) is 0 Å². The summed E-state index contributed by atoms with van der Waals surface area (Å²) in [6, 6.07) is 3.30. The molecule has 0 spiro atoms. The van der Waals surface area contributed by atoms with E-state index in [0.717, 1.165) is 43.8 Å². The molecule has 0 amide bonds. The third-order valence-corrected chi connectivity index (χ3v) is 10.3. The van der Waals surface area contributed by atoms with E-state index in [0.29, 0.717) is 12.8 Å². The van der Waals surface area contributed by atoms with Gasteiger partial charge in [0.05, 0.1) is 5.60 Å². The van der Waals surface area contributed by atoms with Crippen molar-refractivity contribution in [2.24, 2.45) is 5.11 Å². The monoisotopic (exact) mass is 369 g/mol. The van der Waals surface area contributed by atoms with E-state index < -0.39 is 8.32 Å². The normalized spacial score (nSPS) is 22.5. The first-order valence-corrected chi connectivity index (χ1v) is 12.3. The Morgan fingerprint density at radius 1 is 1.32 bits per heavy atom. The van der Waals surface area contributed by atoms with E-state index in [1.165, 1.54) is 0 Å². The average Bonchev–Trinajstić information content (AvgIpc) is 2.56. The van der Waals surface area contributed by atoms with Crippen molar-refractivity contribution >= 4 is 14.3 Å². The summed E-state index contributed by atoms with van der Waals surface area (Å²) < 4.78 is 12.2. The maximum absolute atomic E-state index is 11.9. The number of esters is 1. The molecular formula is C18H35N3O3Si. The van der Waals surface area contributed by atoms with Crippen molar-refractivity contribution in [3.8, 4) is 0 Å². The maximum atomic E-state index is 11.9. The summed E-state index contributed by atoms with van der Waals surface area (Å²) in [6.07, 6.45) is 3.90. The van der Waals surface area contributed by atoms with E-state index in [2.05, 4.69) is 44.6 Å². The van der Waals surface area contributed by atoms with E-state index in [4.69, 9.17) is 14.7 Å². The summed E-state index contributed by atoms with van der Waals surface area (Å²) in [4.78, 5) is 14.8. The van der Waals surface area contributed by atoms with Gasteiger partial charge in [-0.05, 0) is 69.6 Å². The Balaban J connectivity index is 2.70. The highest BCUT2D eigenvalue weighted by atomic mass is 28.4. The Labute approximate surface area is 153 Å². The van der Waals surface area contributed by atoms with E-state index in [9.17, 15) is 4.79 Å². The van der Waals surface area contributed by atoms with Crippen molar-refractivity contribution in [2.45, 2.75) is 109 Å². The lowest BCUT2D eigenvalue weighted by atomic mass is 9.95. The van der Waals surface area contributed by atoms with Gasteiger partial charge in [-0.15, -0.1) is 0 Å². The molecule has 7 heteroatoms. The number of rotatable bonds is 9. The number of hydrogen-bond acceptors (Lipinski definition) is 4. The van der Waals surface area contributed by atoms with E-state index >= 15 is 0 Å². The Bertz CT molecular complexity index is 466. The first-order valence-electron chi connectivity index (χ1n) is 9.73. The van der Waals surface area contributed by atoms with Gasteiger partial charge in [0.1, 0.15) is 6.10 Å². The van der Waals surface area contributed by atoms with Crippen LogP contribution in [-0.4, -0.2) is 32.0 Å². The molecule has 0 aromatic carbocycles. The molecule has 1 saturated heterocycles. The highest BCUT2D eigenvalue weighted by Gasteiger charge is 2.36. The van der Waals surface area contributed by atoms with Gasteiger partial charge in [-0.1, -0.05) is 25.9 Å². The van der Waals surface area contributed by atoms with Gasteiger partial charge < -0.3 is 9.16 Å². The van der Waals surface area contributed by atoms with Gasteiger partial charge in [-0.2, -0.15) is 0 Å². The third kappa shape index (κ3) is 7.38. The fourth-order valence-corrected chi connectivity index (χ4v) is 6.87. The fourth-order valence-electron chi connectivity index (χ4n) is 3.66. The van der Waals surface area contributed by atoms with Gasteiger partial charge >= 0.3 is 5.97 Å². The minimum Gasteiger partial charge on any atom is -0.462 e. The van der Waals surface area contributed by atoms with Crippen molar-refractivity contribution in [1.29, 1.82) is 0 Å². The smallest absolute Gasteiger partial charge is 0.306 e. The standard InChI is InChI=1S/C18H35N3O3Si/c1-6-25(7-2,8-3)24-18(4,5)13-12-16-14-15(20-21-19)10-9-11-17(22)23-16/h15-16H,6-14H2,1-5H3/t15-,16-/m1/s1. The SMILES string of the molecule is CC[Si](CC)(CC)OC(C)(C)CC[C@@H]1C[C@H](N=[N+]=[N-])CCCC(=O)O1. The predicted octanol–water partition coefficient (Wildman–Crippen LogP) is 5.73. The molecule has 0 aliphatic carbocycles. The molecule has 1 aliphatic rings. The van der Waals surface area contributed by atoms with Crippen LogP contribution in [0.5, 0.6) is 0 Å². The molecule has 6 nitrogen and oxygen atoms in total. The van der Waals surface area contributed by atoms with Crippen LogP contribution in [0.15, 0.2) is 5.11 Å². The summed E-state index contributed by atoms with van der Waals surface area (Å²) in [5.74, 6) is -0.137. The van der Waals surface area contributed by atoms with Crippen LogP contribution in [0.25, 0.3) is 10.4 Å². The van der Waals surface area contributed by atoms with Crippen LogP contribution in [-0.2, 0) is 14.0 Å². The topological polar surface area (TPSA) is 84.3 Å². The molecule has 0 bridgehead atoms. The third-order valence-electron chi connectivity index (χ3n) is 5.46. The predicted molar refractivity (Wildman–Crippen MR) is 103 cm³/mol. The van der Waals surface area contributed by atoms with E-state index in [-0.39, 0.29) is 23.7 Å². The van der Waals surface area contributed by atoms with E-state index in [1.807, 2.05) is 0 Å². The summed E-state index contributed by atoms with van der Waals surface area (Å²) in [7, 11) is -1.67. The molecule has 0 aromatic heterocycles. The number of cyclic esters (lactones) is 1. The molecule has 0 unspecified atom stereocenters. The zero-order valence-electron chi connectivity index (χ0n) is 16.6. The number of ether oxygens (including phenoxy) is 1. The summed E-state index contributed by atoms with van der Waals surface area (Å²) in [5, 5.41) is 3.87. The van der Waals surface area contributed by atoms with Crippen molar-refractivity contribution in [1.82, 2.24) is 0 Å². The largest absolute Gasteiger partial charge is 0.462 e. The van der Waals surface area contributed by atoms with Crippen molar-refractivity contribution in [3.63, 3.8) is 0 Å². The maximum Gasteiger partial charge on any atom is 0.306 e. The lowest BCUT2D eigenvalue weighted by Crippen LogP contribution is -2.44. The first kappa shape index (κ1) is 22.0. The van der Waals surface area contributed by atoms with Gasteiger partial charge in [-0.3, -0.25) is 4.79 Å². The van der Waals surface area contributed by atoms with Crippen molar-refractivity contribution in [2.75, 3.05) is 0 Å². The number of nitrogens with zero attached hydrogens (tertiary/aromatic N) is 3. The molecule has 0 saturated carbocycles. The molecular weight excluding hydrogens is 334 g/mol. The number of hydrogen-bond donors (Lipinski definition) is 0. The van der Waals surface area contributed by atoms with Crippen molar-refractivity contribution < 1.29 is 14.0 Å². The van der Waals surface area contributed by atoms with Crippen LogP contribution >= 0.6 is 0 Å². The quantitative estimate of drug-likeness (QED) is 0.171. The van der Waals surface area contributed by atoms with Crippen LogP contribution < -0.4 is 0 Å². The highest BCUT2D eigenvalue weighted by molar-refractivity contribution is 6.73. The van der Waals surface area contributed by atoms with Crippen LogP contribution in [0, 0.1) is 0 Å². The Kier molecular flexibility index (Phi) is 8.97. The Morgan fingerprint density at radius 3 is 2.52 bits per heavy atom. The Hall–Kier alpha value is -1.04. The summed E-state index contributed by atoms with van der Waals surface area (Å²) >= 11 is 0. The Morgan fingerprint density at radius 2 is 1.96 bits per heavy atom. The van der Waals surface area contributed by atoms with Gasteiger partial charge in [0.2, 0.25) is 0 Å². The molecule has 1 fully saturated rings. The first-order chi connectivity index (χ1) is 11.8. The molecule has 0 N–H and O–H groups in total. The second kappa shape index (κ2) is 10.2. The van der Waals surface area contributed by atoms with Gasteiger partial charge in [0, 0.05) is 17.4 Å². The second-order valence-electron chi connectivity index (χ2n) is 7.74. The zero-order chi connectivity index (χ0) is 18.9. The molecule has 2 atom stereocenters. The fraction of sp³-hybridized carbons (Fsp3) is 0.944. The van der Waals surface area contributed by atoms with Gasteiger partial charge in [-0.25, -0.2) is 0 Å². The summed E-state index contributed by atoms with van der Waals surface area (Å²) in [5.41, 5.74) is 8.50. The second-order valence-corrected chi connectivity index (χ2v) is 12.4. The highest BCUT2D eigenvalue weighted by Crippen LogP contribution is 2.32. The number of carbonyl (C=O) groups is 1. The lowest BCUT2D eigenvalue weighted by molar-refractivity contribution is -0.151. The lowest BCUT2D eigenvalue weighted by Gasteiger charge is -2.39. The molecule has 0 radical (unpaired) electrons. The molecule has 25 heavy (non-hydrogen) atoms. The van der Waals surface area contributed by atoms with Crippen LogP contribution in [0.1, 0.15) is 73.1 Å².